The van der Waals surface area contributed by atoms with Crippen LogP contribution in [0.1, 0.15) is 32.1 Å². The van der Waals surface area contributed by atoms with E-state index >= 15 is 0 Å². The van der Waals surface area contributed by atoms with E-state index in [1.165, 1.54) is 26.4 Å². The van der Waals surface area contributed by atoms with E-state index < -0.39 is 0 Å². The number of rotatable bonds is 2. The number of aliphatic hydroxyl groups is 1. The fraction of sp³-hybridized carbons (Fsp3) is 0.909. The molecule has 2 saturated carbocycles. The third-order valence-electron chi connectivity index (χ3n) is 4.09. The van der Waals surface area contributed by atoms with Crippen molar-refractivity contribution in [3.05, 3.63) is 0 Å². The van der Waals surface area contributed by atoms with Gasteiger partial charge in [-0.05, 0) is 18.3 Å². The molecular weight excluding hydrogens is 180 g/mol. The molecule has 3 heteroatoms. The summed E-state index contributed by atoms with van der Waals surface area (Å²) in [6, 6.07) is 0. The molecule has 0 aromatic carbocycles. The summed E-state index contributed by atoms with van der Waals surface area (Å²) in [5.74, 6) is 0.0407. The van der Waals surface area contributed by atoms with Gasteiger partial charge in [0.25, 0.3) is 0 Å². The van der Waals surface area contributed by atoms with E-state index in [9.17, 15) is 9.90 Å². The van der Waals surface area contributed by atoms with Crippen LogP contribution in [-0.2, 0) is 9.53 Å². The van der Waals surface area contributed by atoms with Crippen LogP contribution in [0.5, 0.6) is 0 Å². The standard InChI is InChI=1S/C11H18O3/c1-14-10(13)9-8(7-12)11(9)5-3-2-4-6-11/h8-9,12H,2-7H2,1H3/t8-,9-/m0/s1. The molecule has 0 heterocycles. The molecule has 2 atom stereocenters. The largest absolute Gasteiger partial charge is 0.469 e. The molecule has 80 valence electrons. The van der Waals surface area contributed by atoms with Crippen molar-refractivity contribution in [2.45, 2.75) is 32.1 Å². The minimum atomic E-state index is -0.119. The van der Waals surface area contributed by atoms with Crippen molar-refractivity contribution < 1.29 is 14.6 Å². The highest BCUT2D eigenvalue weighted by atomic mass is 16.5. The summed E-state index contributed by atoms with van der Waals surface area (Å²) in [5.41, 5.74) is 0.111. The van der Waals surface area contributed by atoms with Crippen molar-refractivity contribution in [2.24, 2.45) is 17.3 Å². The summed E-state index contributed by atoms with van der Waals surface area (Å²) in [6.45, 7) is 0.139. The molecule has 1 N–H and O–H groups in total. The highest BCUT2D eigenvalue weighted by Crippen LogP contribution is 2.66. The van der Waals surface area contributed by atoms with Gasteiger partial charge in [0, 0.05) is 12.5 Å². The van der Waals surface area contributed by atoms with Crippen LogP contribution in [0.4, 0.5) is 0 Å². The lowest BCUT2D eigenvalue weighted by atomic mass is 9.83. The maximum Gasteiger partial charge on any atom is 0.309 e. The Kier molecular flexibility index (Phi) is 2.52. The molecular formula is C11H18O3. The summed E-state index contributed by atoms with van der Waals surface area (Å²) in [7, 11) is 1.44. The molecule has 0 aromatic heterocycles. The number of esters is 1. The lowest BCUT2D eigenvalue weighted by Gasteiger charge is -2.22. The van der Waals surface area contributed by atoms with E-state index in [1.807, 2.05) is 0 Å². The Morgan fingerprint density at radius 2 is 2.07 bits per heavy atom. The first-order valence-electron chi connectivity index (χ1n) is 5.45. The maximum absolute atomic E-state index is 11.5. The van der Waals surface area contributed by atoms with Crippen molar-refractivity contribution in [2.75, 3.05) is 13.7 Å². The van der Waals surface area contributed by atoms with E-state index in [1.54, 1.807) is 0 Å². The van der Waals surface area contributed by atoms with Crippen LogP contribution < -0.4 is 0 Å². The summed E-state index contributed by atoms with van der Waals surface area (Å²) in [4.78, 5) is 11.5. The third kappa shape index (κ3) is 1.26. The van der Waals surface area contributed by atoms with Gasteiger partial charge in [0.05, 0.1) is 13.0 Å². The van der Waals surface area contributed by atoms with Gasteiger partial charge in [0.2, 0.25) is 0 Å². The van der Waals surface area contributed by atoms with Gasteiger partial charge in [-0.15, -0.1) is 0 Å². The topological polar surface area (TPSA) is 46.5 Å². The minimum absolute atomic E-state index is 0.0159. The second kappa shape index (κ2) is 3.54. The zero-order valence-electron chi connectivity index (χ0n) is 8.66. The average Bonchev–Trinajstić information content (AvgIpc) is 2.85. The van der Waals surface area contributed by atoms with Gasteiger partial charge >= 0.3 is 5.97 Å². The van der Waals surface area contributed by atoms with Gasteiger partial charge in [-0.2, -0.15) is 0 Å². The van der Waals surface area contributed by atoms with E-state index in [0.29, 0.717) is 0 Å². The van der Waals surface area contributed by atoms with Crippen molar-refractivity contribution in [1.29, 1.82) is 0 Å². The SMILES string of the molecule is COC(=O)[C@@H]1[C@H](CO)C12CCCCC2. The number of aliphatic hydroxyl groups excluding tert-OH is 1. The molecule has 0 aliphatic heterocycles. The number of carbonyl (C=O) groups excluding carboxylic acids is 1. The predicted octanol–water partition coefficient (Wildman–Crippen LogP) is 1.35. The average molecular weight is 198 g/mol. The maximum atomic E-state index is 11.5. The van der Waals surface area contributed by atoms with Gasteiger partial charge in [-0.1, -0.05) is 19.3 Å². The summed E-state index contributed by atoms with van der Waals surface area (Å²) in [6.07, 6.45) is 5.86. The second-order valence-electron chi connectivity index (χ2n) is 4.58. The molecule has 2 aliphatic carbocycles. The van der Waals surface area contributed by atoms with Crippen LogP contribution in [0.15, 0.2) is 0 Å². The number of methoxy groups -OCH3 is 1. The van der Waals surface area contributed by atoms with Gasteiger partial charge in [0.15, 0.2) is 0 Å². The molecule has 0 saturated heterocycles. The summed E-state index contributed by atoms with van der Waals surface area (Å²) < 4.78 is 4.78. The van der Waals surface area contributed by atoms with Crippen LogP contribution >= 0.6 is 0 Å². The molecule has 0 aromatic rings. The molecule has 14 heavy (non-hydrogen) atoms. The summed E-state index contributed by atoms with van der Waals surface area (Å²) >= 11 is 0. The fourth-order valence-electron chi connectivity index (χ4n) is 3.28. The first-order valence-corrected chi connectivity index (χ1v) is 5.45. The van der Waals surface area contributed by atoms with Crippen LogP contribution in [0.3, 0.4) is 0 Å². The molecule has 0 amide bonds. The Balaban J connectivity index is 2.08. The van der Waals surface area contributed by atoms with Crippen LogP contribution in [-0.4, -0.2) is 24.8 Å². The van der Waals surface area contributed by atoms with Gasteiger partial charge in [0.1, 0.15) is 0 Å². The zero-order chi connectivity index (χ0) is 10.2. The molecule has 3 nitrogen and oxygen atoms in total. The third-order valence-corrected chi connectivity index (χ3v) is 4.09. The number of carbonyl (C=O) groups is 1. The Morgan fingerprint density at radius 3 is 2.57 bits per heavy atom. The number of ether oxygens (including phenoxy) is 1. The molecule has 2 rings (SSSR count). The van der Waals surface area contributed by atoms with Gasteiger partial charge in [-0.25, -0.2) is 0 Å². The summed E-state index contributed by atoms with van der Waals surface area (Å²) in [5, 5.41) is 9.23. The van der Waals surface area contributed by atoms with Crippen molar-refractivity contribution in [1.82, 2.24) is 0 Å². The van der Waals surface area contributed by atoms with Crippen molar-refractivity contribution >= 4 is 5.97 Å². The number of hydrogen-bond donors (Lipinski definition) is 1. The highest BCUT2D eigenvalue weighted by molar-refractivity contribution is 5.77. The smallest absolute Gasteiger partial charge is 0.309 e. The Morgan fingerprint density at radius 1 is 1.43 bits per heavy atom. The zero-order valence-corrected chi connectivity index (χ0v) is 8.66. The van der Waals surface area contributed by atoms with Crippen molar-refractivity contribution in [3.63, 3.8) is 0 Å². The number of hydrogen-bond acceptors (Lipinski definition) is 3. The molecule has 2 aliphatic rings. The van der Waals surface area contributed by atoms with Gasteiger partial charge < -0.3 is 9.84 Å². The second-order valence-corrected chi connectivity index (χ2v) is 4.58. The molecule has 0 unspecified atom stereocenters. The highest BCUT2D eigenvalue weighted by Gasteiger charge is 2.67. The van der Waals surface area contributed by atoms with Crippen LogP contribution in [0.25, 0.3) is 0 Å². The quantitative estimate of drug-likeness (QED) is 0.681. The van der Waals surface area contributed by atoms with Crippen LogP contribution in [0, 0.1) is 17.3 Å². The molecule has 0 bridgehead atoms. The Hall–Kier alpha value is -0.570. The Bertz CT molecular complexity index is 231. The molecule has 2 fully saturated rings. The first-order chi connectivity index (χ1) is 6.76. The van der Waals surface area contributed by atoms with Gasteiger partial charge in [-0.3, -0.25) is 4.79 Å². The van der Waals surface area contributed by atoms with E-state index in [2.05, 4.69) is 0 Å². The van der Waals surface area contributed by atoms with E-state index in [0.717, 1.165) is 12.8 Å². The Labute approximate surface area is 84.4 Å². The van der Waals surface area contributed by atoms with E-state index in [-0.39, 0.29) is 29.8 Å². The van der Waals surface area contributed by atoms with E-state index in [4.69, 9.17) is 4.74 Å². The minimum Gasteiger partial charge on any atom is -0.469 e. The van der Waals surface area contributed by atoms with Crippen molar-refractivity contribution in [3.8, 4) is 0 Å². The fourth-order valence-corrected chi connectivity index (χ4v) is 3.28. The lowest BCUT2D eigenvalue weighted by molar-refractivity contribution is -0.143. The first kappa shape index (κ1) is 9.97. The molecule has 1 spiro atoms. The van der Waals surface area contributed by atoms with Crippen LogP contribution in [0.2, 0.25) is 0 Å². The predicted molar refractivity (Wildman–Crippen MR) is 51.6 cm³/mol. The molecule has 0 radical (unpaired) electrons. The normalized spacial score (nSPS) is 34.1. The monoisotopic (exact) mass is 198 g/mol. The lowest BCUT2D eigenvalue weighted by Crippen LogP contribution is -2.15.